The van der Waals surface area contributed by atoms with Crippen molar-refractivity contribution in [2.45, 2.75) is 98.1 Å². The summed E-state index contributed by atoms with van der Waals surface area (Å²) in [5, 5.41) is 33.4. The van der Waals surface area contributed by atoms with E-state index in [-0.39, 0.29) is 24.7 Å². The van der Waals surface area contributed by atoms with E-state index < -0.39 is 35.6 Å². The number of thiazole rings is 1. The molecule has 1 saturated carbocycles. The van der Waals surface area contributed by atoms with Gasteiger partial charge in [0.15, 0.2) is 0 Å². The highest BCUT2D eigenvalue weighted by Gasteiger charge is 2.43. The van der Waals surface area contributed by atoms with Crippen LogP contribution in [0.1, 0.15) is 83.8 Å². The van der Waals surface area contributed by atoms with E-state index in [4.69, 9.17) is 4.74 Å². The van der Waals surface area contributed by atoms with Crippen LogP contribution >= 0.6 is 11.3 Å². The van der Waals surface area contributed by atoms with E-state index in [2.05, 4.69) is 4.98 Å². The van der Waals surface area contributed by atoms with Crippen LogP contribution in [0.25, 0.3) is 6.08 Å². The van der Waals surface area contributed by atoms with Gasteiger partial charge in [-0.05, 0) is 55.6 Å². The van der Waals surface area contributed by atoms with Crippen LogP contribution in [-0.2, 0) is 20.9 Å². The van der Waals surface area contributed by atoms with Crippen LogP contribution in [0.4, 0.5) is 0 Å². The normalized spacial score (nSPS) is 35.3. The van der Waals surface area contributed by atoms with Crippen molar-refractivity contribution < 1.29 is 29.6 Å². The van der Waals surface area contributed by atoms with Gasteiger partial charge in [-0.2, -0.15) is 0 Å². The monoisotopic (exact) mass is 507 g/mol. The zero-order chi connectivity index (χ0) is 25.9. The van der Waals surface area contributed by atoms with Crippen molar-refractivity contribution in [1.82, 2.24) is 4.98 Å². The number of ketones is 1. The van der Waals surface area contributed by atoms with E-state index in [1.165, 1.54) is 11.3 Å². The SMILES string of the molecule is C/C(=C\c1csc(CO)n1)[C@@H]1C[C@@H]2C[C@@H]2CCC[C@H](C)[C@H](O)[C@@H](C)C(=O)C(C)(C)[C@@H](O)CC(=O)O1. The summed E-state index contributed by atoms with van der Waals surface area (Å²) in [6.07, 6.45) is 3.85. The summed E-state index contributed by atoms with van der Waals surface area (Å²) in [5.41, 5.74) is 0.398. The average Bonchev–Trinajstić information content (AvgIpc) is 3.38. The number of aliphatic hydroxyl groups is 3. The van der Waals surface area contributed by atoms with E-state index >= 15 is 0 Å². The molecule has 0 aromatic carbocycles. The number of ether oxygens (including phenoxy) is 1. The highest BCUT2D eigenvalue weighted by molar-refractivity contribution is 7.09. The van der Waals surface area contributed by atoms with Crippen molar-refractivity contribution in [2.75, 3.05) is 0 Å². The number of carbonyl (C=O) groups excluding carboxylic acids is 2. The maximum Gasteiger partial charge on any atom is 0.309 e. The van der Waals surface area contributed by atoms with Gasteiger partial charge < -0.3 is 20.1 Å². The smallest absolute Gasteiger partial charge is 0.309 e. The van der Waals surface area contributed by atoms with Crippen LogP contribution in [0.5, 0.6) is 0 Å². The Morgan fingerprint density at radius 2 is 1.91 bits per heavy atom. The van der Waals surface area contributed by atoms with Crippen molar-refractivity contribution in [3.63, 3.8) is 0 Å². The summed E-state index contributed by atoms with van der Waals surface area (Å²) in [7, 11) is 0. The molecule has 1 aliphatic heterocycles. The number of nitrogens with zero attached hydrogens (tertiary/aromatic N) is 1. The Morgan fingerprint density at radius 1 is 1.20 bits per heavy atom. The molecule has 0 radical (unpaired) electrons. The first-order valence-electron chi connectivity index (χ1n) is 12.8. The second-order valence-electron chi connectivity index (χ2n) is 11.2. The molecule has 2 aliphatic rings. The van der Waals surface area contributed by atoms with Crippen molar-refractivity contribution in [1.29, 1.82) is 0 Å². The van der Waals surface area contributed by atoms with E-state index in [1.807, 2.05) is 25.3 Å². The summed E-state index contributed by atoms with van der Waals surface area (Å²) in [4.78, 5) is 30.5. The van der Waals surface area contributed by atoms with Crippen molar-refractivity contribution in [3.8, 4) is 0 Å². The first kappa shape index (κ1) is 28.0. The van der Waals surface area contributed by atoms with Gasteiger partial charge in [0.2, 0.25) is 0 Å². The molecule has 7 atom stereocenters. The molecule has 0 spiro atoms. The van der Waals surface area contributed by atoms with Gasteiger partial charge in [0, 0.05) is 11.3 Å². The number of hydrogen-bond acceptors (Lipinski definition) is 8. The van der Waals surface area contributed by atoms with E-state index in [0.29, 0.717) is 23.3 Å². The Bertz CT molecular complexity index is 925. The Labute approximate surface area is 212 Å². The lowest BCUT2D eigenvalue weighted by atomic mass is 9.73. The molecular weight excluding hydrogens is 466 g/mol. The zero-order valence-electron chi connectivity index (χ0n) is 21.6. The lowest BCUT2D eigenvalue weighted by Gasteiger charge is -2.34. The van der Waals surface area contributed by atoms with Crippen molar-refractivity contribution in [3.05, 3.63) is 21.7 Å². The van der Waals surface area contributed by atoms with Gasteiger partial charge in [-0.1, -0.05) is 40.5 Å². The summed E-state index contributed by atoms with van der Waals surface area (Å²) in [6.45, 7) is 8.75. The number of fused-ring (bicyclic) bond motifs is 1. The number of esters is 1. The molecule has 2 heterocycles. The molecule has 35 heavy (non-hydrogen) atoms. The fourth-order valence-corrected chi connectivity index (χ4v) is 5.85. The molecule has 2 fully saturated rings. The molecule has 196 valence electrons. The van der Waals surface area contributed by atoms with Crippen molar-refractivity contribution >= 4 is 29.2 Å². The standard InChI is InChI=1S/C27H41NO6S/c1-15-7-6-8-18-10-19(18)11-21(16(2)9-20-14-35-23(13-29)28-20)34-24(31)12-22(30)27(4,5)26(33)17(3)25(15)32/h9,14-15,17-19,21-22,25,29-30,32H,6-8,10-13H2,1-5H3/b16-9+/t15-,17+,18-,19-,21-,22-,25-/m0/s1. The summed E-state index contributed by atoms with van der Waals surface area (Å²) >= 11 is 1.38. The van der Waals surface area contributed by atoms with Gasteiger partial charge >= 0.3 is 5.97 Å². The van der Waals surface area contributed by atoms with Crippen LogP contribution < -0.4 is 0 Å². The quantitative estimate of drug-likeness (QED) is 0.527. The van der Waals surface area contributed by atoms with Gasteiger partial charge in [0.1, 0.15) is 16.9 Å². The second-order valence-corrected chi connectivity index (χ2v) is 12.1. The maximum atomic E-state index is 13.2. The topological polar surface area (TPSA) is 117 Å². The van der Waals surface area contributed by atoms with Crippen LogP contribution in [0.3, 0.4) is 0 Å². The third-order valence-electron chi connectivity index (χ3n) is 8.02. The lowest BCUT2D eigenvalue weighted by Crippen LogP contribution is -2.45. The Balaban J connectivity index is 1.81. The maximum absolute atomic E-state index is 13.2. The molecule has 1 aliphatic carbocycles. The lowest BCUT2D eigenvalue weighted by molar-refractivity contribution is -0.154. The molecule has 8 heteroatoms. The summed E-state index contributed by atoms with van der Waals surface area (Å²) in [5.74, 6) is -0.401. The van der Waals surface area contributed by atoms with Crippen molar-refractivity contribution in [2.24, 2.45) is 29.1 Å². The van der Waals surface area contributed by atoms with Crippen LogP contribution in [-0.4, -0.2) is 50.4 Å². The predicted molar refractivity (Wildman–Crippen MR) is 135 cm³/mol. The molecule has 1 aromatic rings. The third kappa shape index (κ3) is 7.00. The molecule has 0 unspecified atom stereocenters. The summed E-state index contributed by atoms with van der Waals surface area (Å²) < 4.78 is 5.88. The number of cyclic esters (lactones) is 1. The number of hydrogen-bond donors (Lipinski definition) is 3. The minimum atomic E-state index is -1.22. The second kappa shape index (κ2) is 11.6. The van der Waals surface area contributed by atoms with E-state index in [0.717, 1.165) is 37.0 Å². The minimum absolute atomic E-state index is 0.0168. The van der Waals surface area contributed by atoms with Gasteiger partial charge in [0.05, 0.1) is 36.3 Å². The molecular formula is C27H41NO6S. The number of Topliss-reactive ketones (excluding diaryl/α,β-unsaturated/α-hetero) is 1. The van der Waals surface area contributed by atoms with Gasteiger partial charge in [-0.15, -0.1) is 11.3 Å². The van der Waals surface area contributed by atoms with E-state index in [1.54, 1.807) is 20.8 Å². The third-order valence-corrected chi connectivity index (χ3v) is 8.87. The molecule has 0 bridgehead atoms. The summed E-state index contributed by atoms with van der Waals surface area (Å²) in [6, 6.07) is 0. The molecule has 1 saturated heterocycles. The first-order valence-corrected chi connectivity index (χ1v) is 13.6. The largest absolute Gasteiger partial charge is 0.458 e. The van der Waals surface area contributed by atoms with Crippen LogP contribution in [0, 0.1) is 29.1 Å². The fraction of sp³-hybridized carbons (Fsp3) is 0.741. The number of aliphatic hydroxyl groups excluding tert-OH is 3. The van der Waals surface area contributed by atoms with Gasteiger partial charge in [-0.25, -0.2) is 4.98 Å². The molecule has 1 aromatic heterocycles. The Hall–Kier alpha value is -1.61. The first-order chi connectivity index (χ1) is 16.4. The highest BCUT2D eigenvalue weighted by atomic mass is 32.1. The molecule has 3 rings (SSSR count). The van der Waals surface area contributed by atoms with E-state index in [9.17, 15) is 24.9 Å². The molecule has 7 nitrogen and oxygen atoms in total. The minimum Gasteiger partial charge on any atom is -0.458 e. The zero-order valence-corrected chi connectivity index (χ0v) is 22.4. The van der Waals surface area contributed by atoms with Crippen LogP contribution in [0.2, 0.25) is 0 Å². The predicted octanol–water partition coefficient (Wildman–Crippen LogP) is 4.14. The molecule has 0 amide bonds. The highest BCUT2D eigenvalue weighted by Crippen LogP contribution is 2.47. The number of carbonyl (C=O) groups is 2. The number of rotatable bonds is 3. The van der Waals surface area contributed by atoms with Crippen LogP contribution in [0.15, 0.2) is 11.0 Å². The Kier molecular flexibility index (Phi) is 9.29. The number of aromatic nitrogens is 1. The molecule has 3 N–H and O–H groups in total. The Morgan fingerprint density at radius 3 is 2.57 bits per heavy atom. The fourth-order valence-electron chi connectivity index (χ4n) is 5.24. The van der Waals surface area contributed by atoms with Gasteiger partial charge in [-0.3, -0.25) is 9.59 Å². The van der Waals surface area contributed by atoms with Gasteiger partial charge in [0.25, 0.3) is 0 Å². The average molecular weight is 508 g/mol.